The molecule has 0 unspecified atom stereocenters. The number of nitrogens with one attached hydrogen (secondary N) is 1. The molecule has 0 atom stereocenters. The van der Waals surface area contributed by atoms with Crippen LogP contribution in [-0.2, 0) is 14.0 Å². The van der Waals surface area contributed by atoms with E-state index < -0.39 is 30.2 Å². The second-order valence-electron chi connectivity index (χ2n) is 10.9. The summed E-state index contributed by atoms with van der Waals surface area (Å²) in [6, 6.07) is 20.3. The average Bonchev–Trinajstić information content (AvgIpc) is 3.33. The van der Waals surface area contributed by atoms with Crippen molar-refractivity contribution in [3.63, 3.8) is 0 Å². The maximum atomic E-state index is 14.1. The minimum atomic E-state index is -0.785. The molecule has 200 valence electrons. The number of carbonyl (C=O) groups excluding carboxylic acids is 2. The molecule has 0 saturated carbocycles. The fourth-order valence-corrected chi connectivity index (χ4v) is 5.02. The van der Waals surface area contributed by atoms with Gasteiger partial charge in [-0.25, -0.2) is 9.18 Å². The number of amides is 1. The van der Waals surface area contributed by atoms with Crippen LogP contribution in [0.2, 0.25) is 0 Å². The van der Waals surface area contributed by atoms with E-state index in [4.69, 9.17) is 14.0 Å². The Labute approximate surface area is 228 Å². The zero-order valence-corrected chi connectivity index (χ0v) is 22.5. The van der Waals surface area contributed by atoms with E-state index in [2.05, 4.69) is 29.6 Å². The third-order valence-corrected chi connectivity index (χ3v) is 7.77. The molecule has 0 radical (unpaired) electrons. The highest BCUT2D eigenvalue weighted by molar-refractivity contribution is 6.56. The first-order chi connectivity index (χ1) is 18.6. The highest BCUT2D eigenvalue weighted by atomic mass is 19.1. The first-order valence-corrected chi connectivity index (χ1v) is 13.0. The molecule has 1 saturated heterocycles. The monoisotopic (exact) mass is 527 g/mol. The molecule has 1 N–H and O–H groups in total. The minimum Gasteiger partial charge on any atom is -0.449 e. The molecule has 3 aromatic rings. The SMILES string of the molecule is CC1(C)OB(C(=Cc2cc(F)cc(C=O)c2)CNC(=O)OCC2c3ccccc3-c3ccccc32)OC1(C)C. The van der Waals surface area contributed by atoms with E-state index in [1.807, 2.05) is 52.0 Å². The summed E-state index contributed by atoms with van der Waals surface area (Å²) < 4.78 is 32.2. The second-order valence-corrected chi connectivity index (χ2v) is 10.9. The van der Waals surface area contributed by atoms with Crippen LogP contribution < -0.4 is 5.32 Å². The lowest BCUT2D eigenvalue weighted by Gasteiger charge is -2.32. The van der Waals surface area contributed by atoms with Crippen LogP contribution >= 0.6 is 0 Å². The van der Waals surface area contributed by atoms with Crippen LogP contribution in [0.1, 0.15) is 60.7 Å². The van der Waals surface area contributed by atoms with Crippen LogP contribution in [0.3, 0.4) is 0 Å². The molecule has 0 bridgehead atoms. The van der Waals surface area contributed by atoms with Crippen LogP contribution in [0.5, 0.6) is 0 Å². The fraction of sp³-hybridized carbons (Fsp3) is 0.290. The predicted octanol–water partition coefficient (Wildman–Crippen LogP) is 6.19. The topological polar surface area (TPSA) is 73.9 Å². The van der Waals surface area contributed by atoms with Crippen LogP contribution in [0.15, 0.2) is 72.2 Å². The summed E-state index contributed by atoms with van der Waals surface area (Å²) in [6.07, 6.45) is 1.67. The van der Waals surface area contributed by atoms with Crippen molar-refractivity contribution in [1.29, 1.82) is 0 Å². The number of fused-ring (bicyclic) bond motifs is 3. The van der Waals surface area contributed by atoms with Crippen molar-refractivity contribution in [3.8, 4) is 11.1 Å². The van der Waals surface area contributed by atoms with Gasteiger partial charge in [0.25, 0.3) is 0 Å². The van der Waals surface area contributed by atoms with Crippen LogP contribution in [0.25, 0.3) is 17.2 Å². The number of halogens is 1. The van der Waals surface area contributed by atoms with Crippen molar-refractivity contribution >= 4 is 25.6 Å². The zero-order chi connectivity index (χ0) is 27.8. The summed E-state index contributed by atoms with van der Waals surface area (Å²) in [4.78, 5) is 24.1. The average molecular weight is 527 g/mol. The highest BCUT2D eigenvalue weighted by Crippen LogP contribution is 2.44. The number of rotatable bonds is 7. The molecule has 2 aliphatic rings. The first-order valence-electron chi connectivity index (χ1n) is 13.0. The van der Waals surface area contributed by atoms with Gasteiger partial charge >= 0.3 is 13.2 Å². The Morgan fingerprint density at radius 1 is 0.949 bits per heavy atom. The second kappa shape index (κ2) is 10.4. The number of ether oxygens (including phenoxy) is 1. The number of carbonyl (C=O) groups is 2. The van der Waals surface area contributed by atoms with Crippen molar-refractivity contribution in [1.82, 2.24) is 5.32 Å². The van der Waals surface area contributed by atoms with Gasteiger partial charge in [-0.3, -0.25) is 4.79 Å². The molecular weight excluding hydrogens is 496 g/mol. The molecule has 39 heavy (non-hydrogen) atoms. The first kappa shape index (κ1) is 26.8. The summed E-state index contributed by atoms with van der Waals surface area (Å²) in [5.74, 6) is -0.598. The molecule has 1 amide bonds. The number of aldehydes is 1. The van der Waals surface area contributed by atoms with E-state index in [1.54, 1.807) is 12.1 Å². The van der Waals surface area contributed by atoms with Crippen molar-refractivity contribution in [2.45, 2.75) is 44.8 Å². The number of hydrogen-bond acceptors (Lipinski definition) is 5. The molecule has 5 rings (SSSR count). The standard InChI is InChI=1S/C31H31BFNO5/c1-30(2)31(3,4)39-32(38-30)22(14-20-13-21(18-35)16-23(33)15-20)17-34-29(36)37-19-28-26-11-7-5-9-24(26)25-10-6-8-12-27(25)28/h5-16,18,28H,17,19H2,1-4H3,(H,34,36). The van der Waals surface area contributed by atoms with Crippen LogP contribution in [0, 0.1) is 5.82 Å². The van der Waals surface area contributed by atoms with E-state index in [-0.39, 0.29) is 24.6 Å². The Hall–Kier alpha value is -3.75. The molecule has 1 aliphatic heterocycles. The maximum Gasteiger partial charge on any atom is 0.492 e. The Kier molecular flexibility index (Phi) is 7.18. The summed E-state index contributed by atoms with van der Waals surface area (Å²) >= 11 is 0. The molecule has 3 aromatic carbocycles. The third-order valence-electron chi connectivity index (χ3n) is 7.77. The normalized spacial score (nSPS) is 17.5. The highest BCUT2D eigenvalue weighted by Gasteiger charge is 2.52. The quantitative estimate of drug-likeness (QED) is 0.293. The molecular formula is C31H31BFNO5. The Morgan fingerprint density at radius 3 is 2.10 bits per heavy atom. The third kappa shape index (κ3) is 5.40. The lowest BCUT2D eigenvalue weighted by Crippen LogP contribution is -2.41. The van der Waals surface area contributed by atoms with Crippen molar-refractivity contribution in [2.24, 2.45) is 0 Å². The van der Waals surface area contributed by atoms with Gasteiger partial charge in [0.15, 0.2) is 0 Å². The summed E-state index contributed by atoms with van der Waals surface area (Å²) in [5, 5.41) is 2.80. The predicted molar refractivity (Wildman–Crippen MR) is 149 cm³/mol. The van der Waals surface area contributed by atoms with E-state index in [1.165, 1.54) is 6.07 Å². The Balaban J connectivity index is 1.32. The molecule has 0 spiro atoms. The van der Waals surface area contributed by atoms with E-state index in [0.717, 1.165) is 28.3 Å². The lowest BCUT2D eigenvalue weighted by molar-refractivity contribution is 0.00578. The van der Waals surface area contributed by atoms with Crippen molar-refractivity contribution in [2.75, 3.05) is 13.2 Å². The largest absolute Gasteiger partial charge is 0.492 e. The Morgan fingerprint density at radius 2 is 1.51 bits per heavy atom. The molecule has 8 heteroatoms. The van der Waals surface area contributed by atoms with Gasteiger partial charge in [0.05, 0.1) is 11.2 Å². The van der Waals surface area contributed by atoms with Gasteiger partial charge in [0, 0.05) is 18.0 Å². The van der Waals surface area contributed by atoms with Crippen molar-refractivity contribution in [3.05, 3.63) is 100 Å². The fourth-order valence-electron chi connectivity index (χ4n) is 5.02. The summed E-state index contributed by atoms with van der Waals surface area (Å²) in [5.41, 5.74) is 4.55. The molecule has 6 nitrogen and oxygen atoms in total. The van der Waals surface area contributed by atoms with E-state index in [0.29, 0.717) is 17.3 Å². The summed E-state index contributed by atoms with van der Waals surface area (Å²) in [6.45, 7) is 7.93. The van der Waals surface area contributed by atoms with Crippen LogP contribution in [0.4, 0.5) is 9.18 Å². The maximum absolute atomic E-state index is 14.1. The van der Waals surface area contributed by atoms with Gasteiger partial charge in [0.1, 0.15) is 18.7 Å². The van der Waals surface area contributed by atoms with Crippen molar-refractivity contribution < 1.29 is 28.0 Å². The van der Waals surface area contributed by atoms with Gasteiger partial charge in [-0.1, -0.05) is 54.6 Å². The Bertz CT molecular complexity index is 1390. The van der Waals surface area contributed by atoms with E-state index in [9.17, 15) is 14.0 Å². The zero-order valence-electron chi connectivity index (χ0n) is 22.5. The number of alkyl carbamates (subject to hydrolysis) is 1. The van der Waals surface area contributed by atoms with Gasteiger partial charge in [0.2, 0.25) is 0 Å². The summed E-state index contributed by atoms with van der Waals surface area (Å²) in [7, 11) is -0.785. The molecule has 1 aliphatic carbocycles. The van der Waals surface area contributed by atoms with Crippen LogP contribution in [-0.4, -0.2) is 43.9 Å². The molecule has 0 aromatic heterocycles. The van der Waals surface area contributed by atoms with Gasteiger partial charge in [-0.2, -0.15) is 0 Å². The minimum absolute atomic E-state index is 0.0421. The van der Waals surface area contributed by atoms with E-state index >= 15 is 0 Å². The smallest absolute Gasteiger partial charge is 0.449 e. The van der Waals surface area contributed by atoms with Gasteiger partial charge in [-0.15, -0.1) is 0 Å². The van der Waals surface area contributed by atoms with Gasteiger partial charge in [-0.05, 0) is 79.2 Å². The lowest BCUT2D eigenvalue weighted by atomic mass is 9.77. The van der Waals surface area contributed by atoms with Gasteiger partial charge < -0.3 is 19.4 Å². The number of benzene rings is 3. The molecule has 1 fully saturated rings. The number of hydrogen-bond donors (Lipinski definition) is 1. The molecule has 1 heterocycles.